The highest BCUT2D eigenvalue weighted by atomic mass is 32.2. The molecule has 2 atom stereocenters. The Morgan fingerprint density at radius 3 is 3.05 bits per heavy atom. The summed E-state index contributed by atoms with van der Waals surface area (Å²) in [6.07, 6.45) is 0. The van der Waals surface area contributed by atoms with E-state index in [-0.39, 0.29) is 29.5 Å². The summed E-state index contributed by atoms with van der Waals surface area (Å²) >= 11 is 2.53. The second kappa shape index (κ2) is 6.57. The van der Waals surface area contributed by atoms with Gasteiger partial charge in [-0.15, -0.1) is 21.5 Å². The average molecular weight is 317 g/mol. The summed E-state index contributed by atoms with van der Waals surface area (Å²) in [5.41, 5.74) is 0. The van der Waals surface area contributed by atoms with E-state index in [4.69, 9.17) is 0 Å². The zero-order valence-corrected chi connectivity index (χ0v) is 11.7. The fraction of sp³-hybridized carbons (Fsp3) is 0.400. The molecule has 2 amide bonds. The van der Waals surface area contributed by atoms with Crippen molar-refractivity contribution in [2.45, 2.75) is 11.3 Å². The minimum absolute atomic E-state index is 0.00795. The number of nitrogens with zero attached hydrogens (tertiary/aromatic N) is 1. The Hall–Kier alpha value is -1.81. The lowest BCUT2D eigenvalue weighted by Crippen LogP contribution is -2.44. The zero-order chi connectivity index (χ0) is 14.5. The van der Waals surface area contributed by atoms with Gasteiger partial charge in [-0.3, -0.25) is 9.59 Å². The molecule has 0 spiro atoms. The van der Waals surface area contributed by atoms with Crippen LogP contribution in [0.2, 0.25) is 0 Å². The molecule has 1 aliphatic heterocycles. The van der Waals surface area contributed by atoms with Crippen LogP contribution in [0.1, 0.15) is 10.1 Å². The van der Waals surface area contributed by atoms with Gasteiger partial charge in [0.2, 0.25) is 5.91 Å². The predicted octanol–water partition coefficient (Wildman–Crippen LogP) is 0.939. The van der Waals surface area contributed by atoms with Crippen molar-refractivity contribution in [3.8, 4) is 0 Å². The minimum atomic E-state index is -0.923. The van der Waals surface area contributed by atoms with E-state index >= 15 is 0 Å². The number of amides is 2. The molecular formula is C10H11N3O5S2. The standard InChI is InChI=1S/C10H11N3O5S2/c14-9(11-3-4-18-13(16)17)7-8(20-10(15)12-7)6-2-1-5-19-6/h1-2,5,7-8H,3-4H2,(H,11,14)(H,12,15). The molecular weight excluding hydrogens is 306 g/mol. The van der Waals surface area contributed by atoms with E-state index < -0.39 is 11.1 Å². The van der Waals surface area contributed by atoms with Gasteiger partial charge in [0.1, 0.15) is 12.6 Å². The van der Waals surface area contributed by atoms with Crippen LogP contribution in [-0.4, -0.2) is 35.4 Å². The molecule has 8 nitrogen and oxygen atoms in total. The largest absolute Gasteiger partial charge is 0.352 e. The van der Waals surface area contributed by atoms with Crippen LogP contribution in [0, 0.1) is 10.1 Å². The fourth-order valence-electron chi connectivity index (χ4n) is 1.70. The summed E-state index contributed by atoms with van der Waals surface area (Å²) in [7, 11) is 0. The van der Waals surface area contributed by atoms with Gasteiger partial charge < -0.3 is 15.5 Å². The van der Waals surface area contributed by atoms with Crippen LogP contribution in [0.15, 0.2) is 17.5 Å². The first kappa shape index (κ1) is 14.6. The molecule has 0 saturated carbocycles. The summed E-state index contributed by atoms with van der Waals surface area (Å²) < 4.78 is 0. The van der Waals surface area contributed by atoms with Gasteiger partial charge in [-0.05, 0) is 11.4 Å². The molecule has 2 rings (SSSR count). The maximum absolute atomic E-state index is 12.0. The highest BCUT2D eigenvalue weighted by Gasteiger charge is 2.39. The van der Waals surface area contributed by atoms with Crippen molar-refractivity contribution in [1.29, 1.82) is 0 Å². The number of hydrogen-bond acceptors (Lipinski definition) is 7. The average Bonchev–Trinajstić information content (AvgIpc) is 3.02. The molecule has 1 aromatic heterocycles. The fourth-order valence-corrected chi connectivity index (χ4v) is 3.70. The molecule has 0 bridgehead atoms. The molecule has 2 heterocycles. The lowest BCUT2D eigenvalue weighted by Gasteiger charge is -2.16. The second-order valence-corrected chi connectivity index (χ2v) is 5.90. The molecule has 1 aliphatic rings. The first-order chi connectivity index (χ1) is 9.58. The molecule has 0 radical (unpaired) electrons. The Kier molecular flexibility index (Phi) is 4.79. The van der Waals surface area contributed by atoms with Gasteiger partial charge in [0, 0.05) is 11.4 Å². The van der Waals surface area contributed by atoms with Crippen molar-refractivity contribution < 1.29 is 19.5 Å². The Morgan fingerprint density at radius 2 is 2.40 bits per heavy atom. The first-order valence-corrected chi connectivity index (χ1v) is 7.39. The summed E-state index contributed by atoms with van der Waals surface area (Å²) in [5.74, 6) is -0.381. The van der Waals surface area contributed by atoms with Gasteiger partial charge in [0.15, 0.2) is 0 Å². The summed E-state index contributed by atoms with van der Waals surface area (Å²) in [6, 6.07) is 3.03. The Balaban J connectivity index is 1.90. The van der Waals surface area contributed by atoms with Crippen molar-refractivity contribution in [3.63, 3.8) is 0 Å². The quantitative estimate of drug-likeness (QED) is 0.459. The second-order valence-electron chi connectivity index (χ2n) is 3.81. The topological polar surface area (TPSA) is 111 Å². The van der Waals surface area contributed by atoms with E-state index in [1.807, 2.05) is 17.5 Å². The van der Waals surface area contributed by atoms with Crippen LogP contribution in [0.5, 0.6) is 0 Å². The number of thioether (sulfide) groups is 1. The third-order valence-corrected chi connectivity index (χ3v) is 4.73. The van der Waals surface area contributed by atoms with Crippen molar-refractivity contribution >= 4 is 34.2 Å². The van der Waals surface area contributed by atoms with Gasteiger partial charge >= 0.3 is 0 Å². The molecule has 0 aliphatic carbocycles. The Bertz CT molecular complexity index is 507. The van der Waals surface area contributed by atoms with Gasteiger partial charge in [0.05, 0.1) is 5.25 Å². The van der Waals surface area contributed by atoms with Crippen molar-refractivity contribution in [2.24, 2.45) is 0 Å². The number of carbonyl (C=O) groups excluding carboxylic acids is 2. The molecule has 10 heteroatoms. The van der Waals surface area contributed by atoms with E-state index in [0.717, 1.165) is 16.6 Å². The molecule has 2 N–H and O–H groups in total. The highest BCUT2D eigenvalue weighted by Crippen LogP contribution is 2.39. The maximum Gasteiger partial charge on any atom is 0.294 e. The number of nitrogens with one attached hydrogen (secondary N) is 2. The van der Waals surface area contributed by atoms with Crippen LogP contribution in [0.25, 0.3) is 0 Å². The number of hydrogen-bond donors (Lipinski definition) is 2. The maximum atomic E-state index is 12.0. The molecule has 1 aromatic rings. The smallest absolute Gasteiger partial charge is 0.294 e. The summed E-state index contributed by atoms with van der Waals surface area (Å²) in [6.45, 7) is -0.218. The Labute approximate surface area is 122 Å². The van der Waals surface area contributed by atoms with Crippen molar-refractivity contribution in [1.82, 2.24) is 10.6 Å². The molecule has 108 valence electrons. The zero-order valence-electron chi connectivity index (χ0n) is 10.1. The molecule has 2 unspecified atom stereocenters. The Morgan fingerprint density at radius 1 is 1.60 bits per heavy atom. The van der Waals surface area contributed by atoms with Crippen LogP contribution in [0.4, 0.5) is 4.79 Å². The van der Waals surface area contributed by atoms with Crippen LogP contribution >= 0.6 is 23.1 Å². The monoisotopic (exact) mass is 317 g/mol. The number of thiophene rings is 1. The van der Waals surface area contributed by atoms with E-state index in [1.165, 1.54) is 11.3 Å². The lowest BCUT2D eigenvalue weighted by molar-refractivity contribution is -0.757. The molecule has 1 saturated heterocycles. The van der Waals surface area contributed by atoms with E-state index in [0.29, 0.717) is 0 Å². The number of rotatable bonds is 6. The normalized spacial score (nSPS) is 21.3. The first-order valence-electron chi connectivity index (χ1n) is 5.63. The van der Waals surface area contributed by atoms with Crippen LogP contribution in [0.3, 0.4) is 0 Å². The van der Waals surface area contributed by atoms with E-state index in [2.05, 4.69) is 15.5 Å². The van der Waals surface area contributed by atoms with Crippen LogP contribution < -0.4 is 10.6 Å². The lowest BCUT2D eigenvalue weighted by atomic mass is 10.1. The minimum Gasteiger partial charge on any atom is -0.352 e. The third kappa shape index (κ3) is 3.61. The van der Waals surface area contributed by atoms with Crippen molar-refractivity contribution in [3.05, 3.63) is 32.5 Å². The SMILES string of the molecule is O=C1NC(C(=O)NCCO[N+](=O)[O-])C(c2cccs2)S1. The highest BCUT2D eigenvalue weighted by molar-refractivity contribution is 8.14. The van der Waals surface area contributed by atoms with Gasteiger partial charge in [-0.25, -0.2) is 0 Å². The predicted molar refractivity (Wildman–Crippen MR) is 72.9 cm³/mol. The van der Waals surface area contributed by atoms with E-state index in [1.54, 1.807) is 0 Å². The van der Waals surface area contributed by atoms with Gasteiger partial charge in [-0.2, -0.15) is 0 Å². The van der Waals surface area contributed by atoms with Crippen LogP contribution in [-0.2, 0) is 9.63 Å². The van der Waals surface area contributed by atoms with E-state index in [9.17, 15) is 19.7 Å². The van der Waals surface area contributed by atoms with Crippen molar-refractivity contribution in [2.75, 3.05) is 13.2 Å². The molecule has 20 heavy (non-hydrogen) atoms. The third-order valence-electron chi connectivity index (χ3n) is 2.51. The molecule has 0 aromatic carbocycles. The van der Waals surface area contributed by atoms with Gasteiger partial charge in [-0.1, -0.05) is 17.8 Å². The summed E-state index contributed by atoms with van der Waals surface area (Å²) in [5, 5.41) is 15.5. The summed E-state index contributed by atoms with van der Waals surface area (Å²) in [4.78, 5) is 38.4. The molecule has 1 fully saturated rings. The number of carbonyl (C=O) groups is 2. The van der Waals surface area contributed by atoms with Gasteiger partial charge in [0.25, 0.3) is 10.3 Å².